The van der Waals surface area contributed by atoms with Gasteiger partial charge in [-0.2, -0.15) is 0 Å². The van der Waals surface area contributed by atoms with Gasteiger partial charge in [-0.3, -0.25) is 4.79 Å². The Kier molecular flexibility index (Phi) is 5.66. The number of ether oxygens (including phenoxy) is 1. The highest BCUT2D eigenvalue weighted by molar-refractivity contribution is 7.17. The van der Waals surface area contributed by atoms with Gasteiger partial charge in [-0.15, -0.1) is 11.3 Å². The summed E-state index contributed by atoms with van der Waals surface area (Å²) in [6.07, 6.45) is 4.02. The molecule has 2 aromatic carbocycles. The lowest BCUT2D eigenvalue weighted by Gasteiger charge is -2.26. The van der Waals surface area contributed by atoms with Crippen LogP contribution in [0.15, 0.2) is 52.6 Å². The molecular formula is C25H27N3O2S. The Morgan fingerprint density at radius 1 is 1.06 bits per heavy atom. The number of piperidine rings is 1. The Morgan fingerprint density at radius 3 is 2.65 bits per heavy atom. The van der Waals surface area contributed by atoms with Crippen LogP contribution in [0.2, 0.25) is 0 Å². The van der Waals surface area contributed by atoms with Crippen molar-refractivity contribution in [1.29, 1.82) is 0 Å². The van der Waals surface area contributed by atoms with E-state index in [1.165, 1.54) is 43.7 Å². The summed E-state index contributed by atoms with van der Waals surface area (Å²) in [6, 6.07) is 14.4. The zero-order valence-corrected chi connectivity index (χ0v) is 18.6. The first kappa shape index (κ1) is 20.1. The van der Waals surface area contributed by atoms with E-state index >= 15 is 0 Å². The van der Waals surface area contributed by atoms with Gasteiger partial charge < -0.3 is 19.9 Å². The second-order valence-electron chi connectivity index (χ2n) is 8.09. The lowest BCUT2D eigenvalue weighted by Crippen LogP contribution is -2.33. The third-order valence-electron chi connectivity index (χ3n) is 6.16. The summed E-state index contributed by atoms with van der Waals surface area (Å²) < 4.78 is 6.46. The minimum atomic E-state index is -0.0399. The molecule has 0 bridgehead atoms. The lowest BCUT2D eigenvalue weighted by molar-refractivity contribution is 0.237. The number of rotatable bonds is 6. The van der Waals surface area contributed by atoms with Gasteiger partial charge in [-0.05, 0) is 67.2 Å². The van der Waals surface area contributed by atoms with Crippen molar-refractivity contribution in [3.05, 3.63) is 58.2 Å². The van der Waals surface area contributed by atoms with Gasteiger partial charge in [-0.25, -0.2) is 0 Å². The van der Waals surface area contributed by atoms with Crippen molar-refractivity contribution < 1.29 is 4.74 Å². The number of nitrogens with one attached hydrogen (secondary N) is 2. The zero-order valence-electron chi connectivity index (χ0n) is 17.7. The maximum absolute atomic E-state index is 12.4. The van der Waals surface area contributed by atoms with Gasteiger partial charge in [-0.1, -0.05) is 18.6 Å². The number of nitrogens with zero attached hydrogens (tertiary/aromatic N) is 1. The van der Waals surface area contributed by atoms with E-state index in [-0.39, 0.29) is 5.56 Å². The predicted molar refractivity (Wildman–Crippen MR) is 131 cm³/mol. The molecule has 2 N–H and O–H groups in total. The number of thiophene rings is 1. The number of aromatic amines is 1. The molecule has 1 aliphatic rings. The molecule has 4 aromatic rings. The summed E-state index contributed by atoms with van der Waals surface area (Å²) in [4.78, 5) is 18.0. The molecule has 0 saturated carbocycles. The van der Waals surface area contributed by atoms with E-state index < -0.39 is 0 Å². The molecule has 0 spiro atoms. The molecule has 1 saturated heterocycles. The van der Waals surface area contributed by atoms with Crippen molar-refractivity contribution in [2.45, 2.75) is 19.3 Å². The highest BCUT2D eigenvalue weighted by Crippen LogP contribution is 2.40. The number of methoxy groups -OCH3 is 1. The van der Waals surface area contributed by atoms with Gasteiger partial charge >= 0.3 is 0 Å². The molecular weight excluding hydrogens is 406 g/mol. The smallest absolute Gasteiger partial charge is 0.266 e. The summed E-state index contributed by atoms with van der Waals surface area (Å²) in [7, 11) is 1.69. The number of hydrogen-bond acceptors (Lipinski definition) is 5. The SMILES string of the molecule is COc1ccc2[nH]c(=O)c3sccc3c2c1-c1ccc(NCCN2CCCCC2)cc1. The topological polar surface area (TPSA) is 57.4 Å². The molecule has 1 aliphatic heterocycles. The van der Waals surface area contributed by atoms with Crippen LogP contribution in [0.5, 0.6) is 5.75 Å². The van der Waals surface area contributed by atoms with Gasteiger partial charge in [0, 0.05) is 40.6 Å². The molecule has 31 heavy (non-hydrogen) atoms. The van der Waals surface area contributed by atoms with Crippen molar-refractivity contribution in [3.63, 3.8) is 0 Å². The fourth-order valence-corrected chi connectivity index (χ4v) is 5.38. The van der Waals surface area contributed by atoms with E-state index in [2.05, 4.69) is 39.5 Å². The maximum Gasteiger partial charge on any atom is 0.266 e. The van der Waals surface area contributed by atoms with E-state index in [4.69, 9.17) is 4.74 Å². The third kappa shape index (κ3) is 3.93. The number of pyridine rings is 1. The molecule has 3 heterocycles. The third-order valence-corrected chi connectivity index (χ3v) is 7.07. The number of hydrogen-bond donors (Lipinski definition) is 2. The van der Waals surface area contributed by atoms with Crippen molar-refractivity contribution >= 4 is 38.0 Å². The molecule has 1 fully saturated rings. The van der Waals surface area contributed by atoms with Crippen molar-refractivity contribution in [3.8, 4) is 16.9 Å². The van der Waals surface area contributed by atoms with E-state index in [0.717, 1.165) is 56.6 Å². The molecule has 0 amide bonds. The van der Waals surface area contributed by atoms with Crippen molar-refractivity contribution in [2.24, 2.45) is 0 Å². The molecule has 0 unspecified atom stereocenters. The Hall–Kier alpha value is -2.83. The zero-order chi connectivity index (χ0) is 21.2. The average molecular weight is 434 g/mol. The number of benzene rings is 2. The molecule has 5 rings (SSSR count). The molecule has 2 aromatic heterocycles. The molecule has 0 atom stereocenters. The Morgan fingerprint density at radius 2 is 1.87 bits per heavy atom. The van der Waals surface area contributed by atoms with Crippen molar-refractivity contribution in [2.75, 3.05) is 38.6 Å². The summed E-state index contributed by atoms with van der Waals surface area (Å²) >= 11 is 1.47. The summed E-state index contributed by atoms with van der Waals surface area (Å²) in [6.45, 7) is 4.48. The highest BCUT2D eigenvalue weighted by atomic mass is 32.1. The molecule has 160 valence electrons. The summed E-state index contributed by atoms with van der Waals surface area (Å²) in [5.74, 6) is 0.804. The monoisotopic (exact) mass is 433 g/mol. The van der Waals surface area contributed by atoms with E-state index in [9.17, 15) is 4.79 Å². The molecule has 0 aliphatic carbocycles. The molecule has 6 heteroatoms. The quantitative estimate of drug-likeness (QED) is 0.432. The van der Waals surface area contributed by atoms with Gasteiger partial charge in [0.1, 0.15) is 10.4 Å². The van der Waals surface area contributed by atoms with Crippen LogP contribution in [-0.4, -0.2) is 43.2 Å². The number of aromatic nitrogens is 1. The standard InChI is InChI=1S/C25H27N3O2S/c1-30-21-10-9-20-23(19-11-16-31-24(19)25(29)27-20)22(21)17-5-7-18(8-6-17)26-12-15-28-13-3-2-4-14-28/h5-11,16,26H,2-4,12-15H2,1H3,(H,27,29). The van der Waals surface area contributed by atoms with Gasteiger partial charge in [0.2, 0.25) is 0 Å². The van der Waals surface area contributed by atoms with Crippen LogP contribution in [0.1, 0.15) is 19.3 Å². The van der Waals surface area contributed by atoms with E-state index in [1.807, 2.05) is 23.6 Å². The Balaban J connectivity index is 1.46. The lowest BCUT2D eigenvalue weighted by atomic mass is 9.97. The van der Waals surface area contributed by atoms with Crippen LogP contribution in [-0.2, 0) is 0 Å². The van der Waals surface area contributed by atoms with Gasteiger partial charge in [0.25, 0.3) is 5.56 Å². The van der Waals surface area contributed by atoms with Crippen molar-refractivity contribution in [1.82, 2.24) is 9.88 Å². The maximum atomic E-state index is 12.4. The van der Waals surface area contributed by atoms with E-state index in [0.29, 0.717) is 0 Å². The normalized spacial score (nSPS) is 14.9. The first-order valence-corrected chi connectivity index (χ1v) is 11.8. The fourth-order valence-electron chi connectivity index (χ4n) is 4.58. The van der Waals surface area contributed by atoms with E-state index in [1.54, 1.807) is 7.11 Å². The highest BCUT2D eigenvalue weighted by Gasteiger charge is 2.16. The number of likely N-dealkylation sites (tertiary alicyclic amines) is 1. The van der Waals surface area contributed by atoms with Crippen LogP contribution in [0.4, 0.5) is 5.69 Å². The largest absolute Gasteiger partial charge is 0.496 e. The number of anilines is 1. The minimum Gasteiger partial charge on any atom is -0.496 e. The molecule has 5 nitrogen and oxygen atoms in total. The summed E-state index contributed by atoms with van der Waals surface area (Å²) in [5.41, 5.74) is 3.99. The second kappa shape index (κ2) is 8.73. The van der Waals surface area contributed by atoms with Gasteiger partial charge in [0.05, 0.1) is 7.11 Å². The first-order valence-electron chi connectivity index (χ1n) is 10.9. The predicted octanol–water partition coefficient (Wildman–Crippen LogP) is 5.32. The van der Waals surface area contributed by atoms with Crippen LogP contribution in [0.25, 0.3) is 32.1 Å². The summed E-state index contributed by atoms with van der Waals surface area (Å²) in [5, 5.41) is 7.52. The van der Waals surface area contributed by atoms with Crippen LogP contribution >= 0.6 is 11.3 Å². The minimum absolute atomic E-state index is 0.0399. The molecule has 0 radical (unpaired) electrons. The average Bonchev–Trinajstić information content (AvgIpc) is 3.31. The fraction of sp³-hybridized carbons (Fsp3) is 0.320. The second-order valence-corrected chi connectivity index (χ2v) is 9.01. The van der Waals surface area contributed by atoms with Crippen LogP contribution in [0, 0.1) is 0 Å². The van der Waals surface area contributed by atoms with Gasteiger partial charge in [0.15, 0.2) is 0 Å². The van der Waals surface area contributed by atoms with Crippen LogP contribution in [0.3, 0.4) is 0 Å². The number of fused-ring (bicyclic) bond motifs is 3. The number of H-pyrrole nitrogens is 1. The Labute approximate surface area is 185 Å². The first-order chi connectivity index (χ1) is 15.2. The van der Waals surface area contributed by atoms with Crippen LogP contribution < -0.4 is 15.6 Å². The Bertz CT molecular complexity index is 1250.